The third kappa shape index (κ3) is 1.82. The molecule has 2 nitrogen and oxygen atoms in total. The van der Waals surface area contributed by atoms with Crippen LogP contribution < -0.4 is 0 Å². The molecule has 2 heteroatoms. The van der Waals surface area contributed by atoms with Crippen LogP contribution in [0.2, 0.25) is 0 Å². The SMILES string of the molecule is Cn1nc2ccccc2c1Cc1ccccc1. The van der Waals surface area contributed by atoms with Gasteiger partial charge in [-0.05, 0) is 11.6 Å². The summed E-state index contributed by atoms with van der Waals surface area (Å²) in [6, 6.07) is 18.8. The molecule has 0 N–H and O–H groups in total. The number of aryl methyl sites for hydroxylation is 1. The molecule has 1 heterocycles. The van der Waals surface area contributed by atoms with Crippen LogP contribution in [0.25, 0.3) is 10.9 Å². The fourth-order valence-electron chi connectivity index (χ4n) is 2.20. The minimum Gasteiger partial charge on any atom is -0.271 e. The van der Waals surface area contributed by atoms with Gasteiger partial charge in [-0.3, -0.25) is 4.68 Å². The first-order valence-electron chi connectivity index (χ1n) is 5.79. The van der Waals surface area contributed by atoms with Gasteiger partial charge in [-0.1, -0.05) is 48.5 Å². The predicted octanol–water partition coefficient (Wildman–Crippen LogP) is 3.16. The quantitative estimate of drug-likeness (QED) is 0.651. The Morgan fingerprint density at radius 1 is 0.941 bits per heavy atom. The Balaban J connectivity index is 2.08. The number of aromatic nitrogens is 2. The average Bonchev–Trinajstić information content (AvgIpc) is 2.68. The molecule has 0 amide bonds. The third-order valence-electron chi connectivity index (χ3n) is 3.08. The van der Waals surface area contributed by atoms with E-state index in [0.717, 1.165) is 11.9 Å². The van der Waals surface area contributed by atoms with Gasteiger partial charge in [0.1, 0.15) is 0 Å². The van der Waals surface area contributed by atoms with Crippen molar-refractivity contribution in [2.45, 2.75) is 6.42 Å². The number of rotatable bonds is 2. The van der Waals surface area contributed by atoms with Crippen LogP contribution in [0.1, 0.15) is 11.3 Å². The van der Waals surface area contributed by atoms with Crippen molar-refractivity contribution in [3.05, 3.63) is 65.9 Å². The Kier molecular flexibility index (Phi) is 2.41. The molecule has 0 saturated carbocycles. The highest BCUT2D eigenvalue weighted by Gasteiger charge is 2.08. The minimum absolute atomic E-state index is 0.928. The van der Waals surface area contributed by atoms with Gasteiger partial charge in [0.25, 0.3) is 0 Å². The lowest BCUT2D eigenvalue weighted by molar-refractivity contribution is 0.734. The number of hydrogen-bond donors (Lipinski definition) is 0. The van der Waals surface area contributed by atoms with Crippen molar-refractivity contribution >= 4 is 10.9 Å². The van der Waals surface area contributed by atoms with Crippen LogP contribution in [0.5, 0.6) is 0 Å². The van der Waals surface area contributed by atoms with Gasteiger partial charge in [0, 0.05) is 18.9 Å². The van der Waals surface area contributed by atoms with E-state index in [4.69, 9.17) is 0 Å². The normalized spacial score (nSPS) is 10.9. The summed E-state index contributed by atoms with van der Waals surface area (Å²) in [4.78, 5) is 0. The highest BCUT2D eigenvalue weighted by Crippen LogP contribution is 2.20. The summed E-state index contributed by atoms with van der Waals surface area (Å²) in [6.07, 6.45) is 0.928. The van der Waals surface area contributed by atoms with Crippen LogP contribution >= 0.6 is 0 Å². The molecule has 0 aliphatic rings. The molecular formula is C15H14N2. The Hall–Kier alpha value is -2.09. The Morgan fingerprint density at radius 3 is 2.47 bits per heavy atom. The van der Waals surface area contributed by atoms with E-state index in [1.807, 2.05) is 23.9 Å². The highest BCUT2D eigenvalue weighted by molar-refractivity contribution is 5.81. The molecule has 0 bridgehead atoms. The standard InChI is InChI=1S/C15H14N2/c1-17-15(11-12-7-3-2-4-8-12)13-9-5-6-10-14(13)16-17/h2-10H,11H2,1H3. The maximum Gasteiger partial charge on any atom is 0.0926 e. The zero-order valence-corrected chi connectivity index (χ0v) is 9.80. The van der Waals surface area contributed by atoms with Crippen molar-refractivity contribution < 1.29 is 0 Å². The molecule has 0 aliphatic heterocycles. The van der Waals surface area contributed by atoms with Crippen LogP contribution in [0.4, 0.5) is 0 Å². The number of fused-ring (bicyclic) bond motifs is 1. The monoisotopic (exact) mass is 222 g/mol. The van der Waals surface area contributed by atoms with Gasteiger partial charge in [-0.25, -0.2) is 0 Å². The molecule has 0 radical (unpaired) electrons. The number of benzene rings is 2. The Bertz CT molecular complexity index is 638. The first-order valence-corrected chi connectivity index (χ1v) is 5.79. The van der Waals surface area contributed by atoms with Crippen molar-refractivity contribution in [3.63, 3.8) is 0 Å². The van der Waals surface area contributed by atoms with E-state index in [2.05, 4.69) is 47.6 Å². The van der Waals surface area contributed by atoms with Crippen molar-refractivity contribution in [1.82, 2.24) is 9.78 Å². The lowest BCUT2D eigenvalue weighted by atomic mass is 10.1. The van der Waals surface area contributed by atoms with E-state index in [1.54, 1.807) is 0 Å². The molecule has 0 fully saturated rings. The van der Waals surface area contributed by atoms with E-state index >= 15 is 0 Å². The van der Waals surface area contributed by atoms with E-state index < -0.39 is 0 Å². The van der Waals surface area contributed by atoms with E-state index in [0.29, 0.717) is 0 Å². The summed E-state index contributed by atoms with van der Waals surface area (Å²) in [5, 5.41) is 5.77. The second-order valence-electron chi connectivity index (χ2n) is 4.25. The van der Waals surface area contributed by atoms with Crippen LogP contribution in [0.3, 0.4) is 0 Å². The van der Waals surface area contributed by atoms with Crippen LogP contribution in [0, 0.1) is 0 Å². The van der Waals surface area contributed by atoms with Crippen molar-refractivity contribution in [2.24, 2.45) is 7.05 Å². The Labute approximate surface area is 101 Å². The van der Waals surface area contributed by atoms with Gasteiger partial charge in [-0.2, -0.15) is 5.10 Å². The van der Waals surface area contributed by atoms with Gasteiger partial charge >= 0.3 is 0 Å². The molecular weight excluding hydrogens is 208 g/mol. The number of hydrogen-bond acceptors (Lipinski definition) is 1. The van der Waals surface area contributed by atoms with Gasteiger partial charge in [0.2, 0.25) is 0 Å². The fraction of sp³-hybridized carbons (Fsp3) is 0.133. The smallest absolute Gasteiger partial charge is 0.0926 e. The molecule has 2 aromatic carbocycles. The second-order valence-corrected chi connectivity index (χ2v) is 4.25. The van der Waals surface area contributed by atoms with Crippen LogP contribution in [-0.4, -0.2) is 9.78 Å². The number of nitrogens with zero attached hydrogens (tertiary/aromatic N) is 2. The summed E-state index contributed by atoms with van der Waals surface area (Å²) in [6.45, 7) is 0. The lowest BCUT2D eigenvalue weighted by Gasteiger charge is -2.02. The van der Waals surface area contributed by atoms with Gasteiger partial charge in [0.05, 0.1) is 11.2 Å². The molecule has 17 heavy (non-hydrogen) atoms. The van der Waals surface area contributed by atoms with Crippen molar-refractivity contribution in [3.8, 4) is 0 Å². The van der Waals surface area contributed by atoms with Crippen LogP contribution in [0.15, 0.2) is 54.6 Å². The van der Waals surface area contributed by atoms with Gasteiger partial charge in [-0.15, -0.1) is 0 Å². The first-order chi connectivity index (χ1) is 8.34. The lowest BCUT2D eigenvalue weighted by Crippen LogP contribution is -1.99. The van der Waals surface area contributed by atoms with Crippen LogP contribution in [-0.2, 0) is 13.5 Å². The topological polar surface area (TPSA) is 17.8 Å². The average molecular weight is 222 g/mol. The summed E-state index contributed by atoms with van der Waals surface area (Å²) in [7, 11) is 2.01. The fourth-order valence-corrected chi connectivity index (χ4v) is 2.20. The maximum absolute atomic E-state index is 4.53. The third-order valence-corrected chi connectivity index (χ3v) is 3.08. The van der Waals surface area contributed by atoms with Crippen molar-refractivity contribution in [1.29, 1.82) is 0 Å². The molecule has 3 aromatic rings. The summed E-state index contributed by atoms with van der Waals surface area (Å²) in [5.74, 6) is 0. The van der Waals surface area contributed by atoms with Gasteiger partial charge in [0.15, 0.2) is 0 Å². The minimum atomic E-state index is 0.928. The summed E-state index contributed by atoms with van der Waals surface area (Å²) >= 11 is 0. The highest BCUT2D eigenvalue weighted by atomic mass is 15.3. The molecule has 1 aromatic heterocycles. The molecule has 0 saturated heterocycles. The molecule has 0 unspecified atom stereocenters. The summed E-state index contributed by atoms with van der Waals surface area (Å²) < 4.78 is 1.98. The van der Waals surface area contributed by atoms with E-state index in [1.165, 1.54) is 16.6 Å². The summed E-state index contributed by atoms with van der Waals surface area (Å²) in [5.41, 5.74) is 3.66. The largest absolute Gasteiger partial charge is 0.271 e. The predicted molar refractivity (Wildman–Crippen MR) is 70.0 cm³/mol. The molecule has 0 aliphatic carbocycles. The molecule has 0 spiro atoms. The van der Waals surface area contributed by atoms with Gasteiger partial charge < -0.3 is 0 Å². The molecule has 84 valence electrons. The van der Waals surface area contributed by atoms with Crippen molar-refractivity contribution in [2.75, 3.05) is 0 Å². The second kappa shape index (κ2) is 4.06. The Morgan fingerprint density at radius 2 is 1.65 bits per heavy atom. The first kappa shape index (κ1) is 10.1. The molecule has 0 atom stereocenters. The van der Waals surface area contributed by atoms with E-state index in [9.17, 15) is 0 Å². The maximum atomic E-state index is 4.53. The zero-order valence-electron chi connectivity index (χ0n) is 9.80. The zero-order chi connectivity index (χ0) is 11.7. The van der Waals surface area contributed by atoms with E-state index in [-0.39, 0.29) is 0 Å². The molecule has 3 rings (SSSR count).